The first-order chi connectivity index (χ1) is 8.25. The van der Waals surface area contributed by atoms with E-state index in [9.17, 15) is 10.1 Å². The summed E-state index contributed by atoms with van der Waals surface area (Å²) in [6.45, 7) is 0. The van der Waals surface area contributed by atoms with Gasteiger partial charge in [0.1, 0.15) is 5.69 Å². The van der Waals surface area contributed by atoms with E-state index in [1.165, 1.54) is 6.07 Å². The van der Waals surface area contributed by atoms with Gasteiger partial charge < -0.3 is 10.6 Å². The molecule has 2 aromatic carbocycles. The van der Waals surface area contributed by atoms with Crippen LogP contribution in [0.15, 0.2) is 42.5 Å². The van der Waals surface area contributed by atoms with Gasteiger partial charge in [-0.05, 0) is 18.2 Å². The van der Waals surface area contributed by atoms with Crippen LogP contribution < -0.4 is 10.6 Å². The maximum atomic E-state index is 10.9. The van der Waals surface area contributed by atoms with Crippen LogP contribution in [0.25, 0.3) is 0 Å². The number of nitro groups is 1. The molecule has 0 unspecified atom stereocenters. The summed E-state index contributed by atoms with van der Waals surface area (Å²) in [5.41, 5.74) is 3.06. The number of benzene rings is 2. The molecule has 0 saturated carbocycles. The van der Waals surface area contributed by atoms with E-state index in [0.29, 0.717) is 5.69 Å². The van der Waals surface area contributed by atoms with E-state index in [1.54, 1.807) is 6.07 Å². The molecule has 0 aromatic heterocycles. The summed E-state index contributed by atoms with van der Waals surface area (Å²) in [7, 11) is 0. The van der Waals surface area contributed by atoms with Crippen molar-refractivity contribution in [3.05, 3.63) is 52.6 Å². The first-order valence-electron chi connectivity index (χ1n) is 5.16. The van der Waals surface area contributed by atoms with Crippen molar-refractivity contribution in [1.82, 2.24) is 0 Å². The second-order valence-electron chi connectivity index (χ2n) is 3.75. The van der Waals surface area contributed by atoms with Crippen molar-refractivity contribution >= 4 is 28.4 Å². The van der Waals surface area contributed by atoms with Gasteiger partial charge in [0.25, 0.3) is 5.69 Å². The maximum Gasteiger partial charge on any atom is 0.294 e. The summed E-state index contributed by atoms with van der Waals surface area (Å²) in [5.74, 6) is 0. The molecule has 2 N–H and O–H groups in total. The second kappa shape index (κ2) is 3.48. The van der Waals surface area contributed by atoms with Crippen molar-refractivity contribution in [3.63, 3.8) is 0 Å². The van der Waals surface area contributed by atoms with Crippen LogP contribution in [0.2, 0.25) is 0 Å². The fourth-order valence-electron chi connectivity index (χ4n) is 1.91. The minimum absolute atomic E-state index is 0.0736. The van der Waals surface area contributed by atoms with Crippen molar-refractivity contribution in [2.45, 2.75) is 0 Å². The Hall–Kier alpha value is -2.56. The van der Waals surface area contributed by atoms with E-state index in [2.05, 4.69) is 10.6 Å². The summed E-state index contributed by atoms with van der Waals surface area (Å²) in [4.78, 5) is 10.5. The molecule has 1 aliphatic rings. The molecule has 0 atom stereocenters. The molecule has 0 amide bonds. The normalized spacial score (nSPS) is 11.8. The quantitative estimate of drug-likeness (QED) is 0.494. The Morgan fingerprint density at radius 3 is 2.24 bits per heavy atom. The van der Waals surface area contributed by atoms with Crippen LogP contribution in [0.1, 0.15) is 0 Å². The summed E-state index contributed by atoms with van der Waals surface area (Å²) in [6, 6.07) is 12.6. The third-order valence-electron chi connectivity index (χ3n) is 2.70. The minimum atomic E-state index is -0.387. The molecule has 1 aliphatic heterocycles. The van der Waals surface area contributed by atoms with Gasteiger partial charge in [-0.25, -0.2) is 0 Å². The van der Waals surface area contributed by atoms with E-state index >= 15 is 0 Å². The number of nitrogens with zero attached hydrogens (tertiary/aromatic N) is 1. The summed E-state index contributed by atoms with van der Waals surface area (Å²) in [6.07, 6.45) is 0. The lowest BCUT2D eigenvalue weighted by Crippen LogP contribution is -2.08. The third-order valence-corrected chi connectivity index (χ3v) is 2.70. The molecule has 0 bridgehead atoms. The SMILES string of the molecule is O=[N+]([O-])c1cccc2c1Nc1ccccc1N2. The van der Waals surface area contributed by atoms with Gasteiger partial charge in [0, 0.05) is 6.07 Å². The minimum Gasteiger partial charge on any atom is -0.352 e. The lowest BCUT2D eigenvalue weighted by Gasteiger charge is -2.22. The predicted octanol–water partition coefficient (Wildman–Crippen LogP) is 3.40. The standard InChI is InChI=1S/C12H9N3O2/c16-15(17)11-7-3-6-10-12(11)14-9-5-2-1-4-8(9)13-10/h1-7,13-14H. The molecule has 1 heterocycles. The van der Waals surface area contributed by atoms with E-state index < -0.39 is 0 Å². The number of para-hydroxylation sites is 3. The van der Waals surface area contributed by atoms with E-state index in [1.807, 2.05) is 30.3 Å². The highest BCUT2D eigenvalue weighted by molar-refractivity contribution is 5.94. The Kier molecular flexibility index (Phi) is 1.98. The van der Waals surface area contributed by atoms with Crippen molar-refractivity contribution in [3.8, 4) is 0 Å². The number of hydrogen-bond donors (Lipinski definition) is 2. The molecule has 0 spiro atoms. The monoisotopic (exact) mass is 227 g/mol. The van der Waals surface area contributed by atoms with Crippen LogP contribution in [-0.2, 0) is 0 Å². The van der Waals surface area contributed by atoms with Crippen LogP contribution >= 0.6 is 0 Å². The Morgan fingerprint density at radius 1 is 0.882 bits per heavy atom. The molecule has 2 aromatic rings. The molecular formula is C12H9N3O2. The first kappa shape index (κ1) is 9.65. The van der Waals surface area contributed by atoms with Crippen LogP contribution in [-0.4, -0.2) is 4.92 Å². The highest BCUT2D eigenvalue weighted by Crippen LogP contribution is 2.42. The average molecular weight is 227 g/mol. The molecular weight excluding hydrogens is 218 g/mol. The zero-order chi connectivity index (χ0) is 11.8. The van der Waals surface area contributed by atoms with Gasteiger partial charge in [-0.1, -0.05) is 18.2 Å². The first-order valence-corrected chi connectivity index (χ1v) is 5.16. The van der Waals surface area contributed by atoms with Gasteiger partial charge in [0.2, 0.25) is 0 Å². The van der Waals surface area contributed by atoms with Crippen LogP contribution in [0.3, 0.4) is 0 Å². The van der Waals surface area contributed by atoms with Crippen molar-refractivity contribution in [2.75, 3.05) is 10.6 Å². The summed E-state index contributed by atoms with van der Waals surface area (Å²) >= 11 is 0. The molecule has 3 rings (SSSR count). The van der Waals surface area contributed by atoms with Gasteiger partial charge in [-0.3, -0.25) is 10.1 Å². The largest absolute Gasteiger partial charge is 0.352 e. The zero-order valence-electron chi connectivity index (χ0n) is 8.81. The molecule has 0 radical (unpaired) electrons. The van der Waals surface area contributed by atoms with Gasteiger partial charge >= 0.3 is 0 Å². The molecule has 17 heavy (non-hydrogen) atoms. The van der Waals surface area contributed by atoms with E-state index in [0.717, 1.165) is 17.1 Å². The fourth-order valence-corrected chi connectivity index (χ4v) is 1.91. The molecule has 5 nitrogen and oxygen atoms in total. The molecule has 5 heteroatoms. The number of nitro benzene ring substituents is 1. The molecule has 0 fully saturated rings. The van der Waals surface area contributed by atoms with Crippen molar-refractivity contribution in [1.29, 1.82) is 0 Å². The Labute approximate surface area is 97.2 Å². The lowest BCUT2D eigenvalue weighted by atomic mass is 10.1. The lowest BCUT2D eigenvalue weighted by molar-refractivity contribution is -0.383. The highest BCUT2D eigenvalue weighted by atomic mass is 16.6. The maximum absolute atomic E-state index is 10.9. The number of anilines is 4. The Morgan fingerprint density at radius 2 is 1.53 bits per heavy atom. The molecule has 0 aliphatic carbocycles. The predicted molar refractivity (Wildman–Crippen MR) is 66.1 cm³/mol. The van der Waals surface area contributed by atoms with Gasteiger partial charge in [-0.15, -0.1) is 0 Å². The van der Waals surface area contributed by atoms with Crippen molar-refractivity contribution < 1.29 is 4.92 Å². The van der Waals surface area contributed by atoms with E-state index in [4.69, 9.17) is 0 Å². The number of rotatable bonds is 1. The second-order valence-corrected chi connectivity index (χ2v) is 3.75. The zero-order valence-corrected chi connectivity index (χ0v) is 8.81. The van der Waals surface area contributed by atoms with Crippen LogP contribution in [0, 0.1) is 10.1 Å². The molecule has 84 valence electrons. The highest BCUT2D eigenvalue weighted by Gasteiger charge is 2.22. The Balaban J connectivity index is 2.15. The van der Waals surface area contributed by atoms with Crippen LogP contribution in [0.4, 0.5) is 28.4 Å². The number of nitrogens with one attached hydrogen (secondary N) is 2. The fraction of sp³-hybridized carbons (Fsp3) is 0. The molecule has 0 saturated heterocycles. The number of hydrogen-bond acceptors (Lipinski definition) is 4. The smallest absolute Gasteiger partial charge is 0.294 e. The van der Waals surface area contributed by atoms with Crippen LogP contribution in [0.5, 0.6) is 0 Å². The van der Waals surface area contributed by atoms with E-state index in [-0.39, 0.29) is 10.6 Å². The van der Waals surface area contributed by atoms with Gasteiger partial charge in [-0.2, -0.15) is 0 Å². The third kappa shape index (κ3) is 1.48. The van der Waals surface area contributed by atoms with Gasteiger partial charge in [0.15, 0.2) is 0 Å². The topological polar surface area (TPSA) is 67.2 Å². The number of fused-ring (bicyclic) bond motifs is 2. The Bertz CT molecular complexity index is 610. The van der Waals surface area contributed by atoms with Crippen molar-refractivity contribution in [2.24, 2.45) is 0 Å². The summed E-state index contributed by atoms with van der Waals surface area (Å²) in [5, 5.41) is 17.2. The summed E-state index contributed by atoms with van der Waals surface area (Å²) < 4.78 is 0. The van der Waals surface area contributed by atoms with Gasteiger partial charge in [0.05, 0.1) is 22.0 Å². The average Bonchev–Trinajstić information content (AvgIpc) is 2.35.